The first-order chi connectivity index (χ1) is 12.0. The molecule has 2 aromatic rings. The zero-order valence-electron chi connectivity index (χ0n) is 14.5. The molecule has 1 aromatic carbocycles. The van der Waals surface area contributed by atoms with E-state index in [0.29, 0.717) is 5.69 Å². The highest BCUT2D eigenvalue weighted by molar-refractivity contribution is 5.95. The minimum absolute atomic E-state index is 0.240. The number of aromatic nitrogens is 1. The Hall–Kier alpha value is -2.63. The standard InChI is InChI=1S/C19H22N2O4/c1-13-12-16(25-21-13)20-17(22)14(2)24-18(23)19(10-6-7-11-19)15-8-4-3-5-9-15/h3-5,8-9,12,14H,6-7,10-11H2,1-2H3,(H,20,22). The van der Waals surface area contributed by atoms with Crippen molar-refractivity contribution in [3.63, 3.8) is 0 Å². The SMILES string of the molecule is Cc1cc(NC(=O)C(C)OC(=O)C2(c3ccccc3)CCCC2)on1. The van der Waals surface area contributed by atoms with E-state index in [9.17, 15) is 9.59 Å². The molecule has 1 aromatic heterocycles. The summed E-state index contributed by atoms with van der Waals surface area (Å²) < 4.78 is 10.5. The van der Waals surface area contributed by atoms with E-state index in [1.54, 1.807) is 19.9 Å². The predicted octanol–water partition coefficient (Wildman–Crippen LogP) is 3.37. The van der Waals surface area contributed by atoms with Crippen LogP contribution in [0.3, 0.4) is 0 Å². The lowest BCUT2D eigenvalue weighted by molar-refractivity contribution is -0.159. The van der Waals surface area contributed by atoms with E-state index < -0.39 is 17.4 Å². The second-order valence-corrected chi connectivity index (χ2v) is 6.52. The molecule has 1 amide bonds. The second-order valence-electron chi connectivity index (χ2n) is 6.52. The third-order valence-electron chi connectivity index (χ3n) is 4.70. The number of carbonyl (C=O) groups excluding carboxylic acids is 2. The van der Waals surface area contributed by atoms with Gasteiger partial charge in [-0.2, -0.15) is 0 Å². The van der Waals surface area contributed by atoms with E-state index in [-0.39, 0.29) is 11.9 Å². The van der Waals surface area contributed by atoms with E-state index >= 15 is 0 Å². The fraction of sp³-hybridized carbons (Fsp3) is 0.421. The molecular formula is C19H22N2O4. The third kappa shape index (κ3) is 3.57. The Bertz CT molecular complexity index is 748. The molecule has 1 aliphatic rings. The van der Waals surface area contributed by atoms with Crippen LogP contribution >= 0.6 is 0 Å². The van der Waals surface area contributed by atoms with Crippen LogP contribution in [0.1, 0.15) is 43.9 Å². The zero-order chi connectivity index (χ0) is 17.9. The lowest BCUT2D eigenvalue weighted by atomic mass is 9.79. The third-order valence-corrected chi connectivity index (χ3v) is 4.70. The van der Waals surface area contributed by atoms with Gasteiger partial charge in [-0.15, -0.1) is 0 Å². The molecule has 132 valence electrons. The number of nitrogens with one attached hydrogen (secondary N) is 1. The maximum Gasteiger partial charge on any atom is 0.317 e. The molecule has 1 fully saturated rings. The molecule has 3 rings (SSSR count). The van der Waals surface area contributed by atoms with Gasteiger partial charge in [-0.25, -0.2) is 0 Å². The number of esters is 1. The molecule has 1 aliphatic carbocycles. The monoisotopic (exact) mass is 342 g/mol. The number of anilines is 1. The van der Waals surface area contributed by atoms with Crippen molar-refractivity contribution in [3.05, 3.63) is 47.7 Å². The van der Waals surface area contributed by atoms with Crippen molar-refractivity contribution >= 4 is 17.8 Å². The summed E-state index contributed by atoms with van der Waals surface area (Å²) in [6, 6.07) is 11.3. The fourth-order valence-electron chi connectivity index (χ4n) is 3.32. The molecule has 0 aliphatic heterocycles. The van der Waals surface area contributed by atoms with Gasteiger partial charge in [-0.1, -0.05) is 48.3 Å². The summed E-state index contributed by atoms with van der Waals surface area (Å²) >= 11 is 0. The molecular weight excluding hydrogens is 320 g/mol. The van der Waals surface area contributed by atoms with Crippen molar-refractivity contribution in [3.8, 4) is 0 Å². The van der Waals surface area contributed by atoms with Crippen molar-refractivity contribution < 1.29 is 18.8 Å². The number of benzene rings is 1. The summed E-state index contributed by atoms with van der Waals surface area (Å²) in [6.45, 7) is 3.32. The molecule has 0 bridgehead atoms. The molecule has 0 spiro atoms. The number of rotatable bonds is 5. The van der Waals surface area contributed by atoms with E-state index in [0.717, 1.165) is 31.2 Å². The summed E-state index contributed by atoms with van der Waals surface area (Å²) in [5.74, 6) is -0.539. The second kappa shape index (κ2) is 7.09. The van der Waals surface area contributed by atoms with Crippen molar-refractivity contribution in [2.45, 2.75) is 51.0 Å². The van der Waals surface area contributed by atoms with Gasteiger partial charge in [0.15, 0.2) is 6.10 Å². The van der Waals surface area contributed by atoms with E-state index in [1.165, 1.54) is 0 Å². The topological polar surface area (TPSA) is 81.4 Å². The van der Waals surface area contributed by atoms with Gasteiger partial charge < -0.3 is 9.26 Å². The maximum absolute atomic E-state index is 12.9. The number of amides is 1. The average Bonchev–Trinajstić information content (AvgIpc) is 3.25. The number of nitrogens with zero attached hydrogens (tertiary/aromatic N) is 1. The molecule has 0 radical (unpaired) electrons. The Morgan fingerprint density at radius 3 is 2.52 bits per heavy atom. The average molecular weight is 342 g/mol. The summed E-state index contributed by atoms with van der Waals surface area (Å²) in [7, 11) is 0. The zero-order valence-corrected chi connectivity index (χ0v) is 14.5. The number of hydrogen-bond acceptors (Lipinski definition) is 5. The first-order valence-electron chi connectivity index (χ1n) is 8.52. The molecule has 1 heterocycles. The van der Waals surface area contributed by atoms with E-state index in [2.05, 4.69) is 10.5 Å². The fourth-order valence-corrected chi connectivity index (χ4v) is 3.32. The van der Waals surface area contributed by atoms with Crippen molar-refractivity contribution in [2.75, 3.05) is 5.32 Å². The molecule has 0 saturated heterocycles. The minimum Gasteiger partial charge on any atom is -0.452 e. The Kier molecular flexibility index (Phi) is 4.88. The smallest absolute Gasteiger partial charge is 0.317 e. The van der Waals surface area contributed by atoms with Crippen molar-refractivity contribution in [1.82, 2.24) is 5.16 Å². The van der Waals surface area contributed by atoms with Crippen LogP contribution in [0.2, 0.25) is 0 Å². The summed E-state index contributed by atoms with van der Waals surface area (Å²) in [5.41, 5.74) is 0.962. The van der Waals surface area contributed by atoms with Crippen LogP contribution in [0, 0.1) is 6.92 Å². The Morgan fingerprint density at radius 1 is 1.24 bits per heavy atom. The van der Waals surface area contributed by atoms with E-state index in [4.69, 9.17) is 9.26 Å². The quantitative estimate of drug-likeness (QED) is 0.843. The van der Waals surface area contributed by atoms with Crippen LogP contribution in [0.4, 0.5) is 5.88 Å². The Morgan fingerprint density at radius 2 is 1.92 bits per heavy atom. The largest absolute Gasteiger partial charge is 0.452 e. The summed E-state index contributed by atoms with van der Waals surface area (Å²) in [6.07, 6.45) is 2.51. The Labute approximate surface area is 146 Å². The lowest BCUT2D eigenvalue weighted by Gasteiger charge is -2.28. The van der Waals surface area contributed by atoms with Gasteiger partial charge in [-0.3, -0.25) is 14.9 Å². The predicted molar refractivity (Wildman–Crippen MR) is 92.0 cm³/mol. The number of aryl methyl sites for hydroxylation is 1. The number of carbonyl (C=O) groups is 2. The van der Waals surface area contributed by atoms with Crippen LogP contribution in [0.25, 0.3) is 0 Å². The molecule has 25 heavy (non-hydrogen) atoms. The van der Waals surface area contributed by atoms with Crippen molar-refractivity contribution in [2.24, 2.45) is 0 Å². The summed E-state index contributed by atoms with van der Waals surface area (Å²) in [4.78, 5) is 25.1. The van der Waals surface area contributed by atoms with E-state index in [1.807, 2.05) is 30.3 Å². The lowest BCUT2D eigenvalue weighted by Crippen LogP contribution is -2.39. The normalized spacial score (nSPS) is 17.0. The Balaban J connectivity index is 1.70. The number of hydrogen-bond donors (Lipinski definition) is 1. The highest BCUT2D eigenvalue weighted by atomic mass is 16.5. The minimum atomic E-state index is -0.918. The molecule has 1 unspecified atom stereocenters. The van der Waals surface area contributed by atoms with Gasteiger partial charge in [0.05, 0.1) is 11.1 Å². The van der Waals surface area contributed by atoms with Gasteiger partial charge in [0.1, 0.15) is 0 Å². The van der Waals surface area contributed by atoms with Gasteiger partial charge in [-0.05, 0) is 32.3 Å². The maximum atomic E-state index is 12.9. The number of ether oxygens (including phenoxy) is 1. The van der Waals surface area contributed by atoms with Gasteiger partial charge in [0.2, 0.25) is 5.88 Å². The molecule has 1 atom stereocenters. The molecule has 1 N–H and O–H groups in total. The van der Waals surface area contributed by atoms with Crippen LogP contribution in [0.5, 0.6) is 0 Å². The van der Waals surface area contributed by atoms with Gasteiger partial charge in [0, 0.05) is 6.07 Å². The van der Waals surface area contributed by atoms with Gasteiger partial charge in [0.25, 0.3) is 5.91 Å². The van der Waals surface area contributed by atoms with Gasteiger partial charge >= 0.3 is 5.97 Å². The van der Waals surface area contributed by atoms with Crippen LogP contribution in [0.15, 0.2) is 40.9 Å². The molecule has 6 nitrogen and oxygen atoms in total. The van der Waals surface area contributed by atoms with Crippen LogP contribution in [-0.4, -0.2) is 23.1 Å². The first kappa shape index (κ1) is 17.2. The van der Waals surface area contributed by atoms with Crippen LogP contribution in [-0.2, 0) is 19.7 Å². The first-order valence-corrected chi connectivity index (χ1v) is 8.52. The highest BCUT2D eigenvalue weighted by Crippen LogP contribution is 2.42. The highest BCUT2D eigenvalue weighted by Gasteiger charge is 2.45. The summed E-state index contributed by atoms with van der Waals surface area (Å²) in [5, 5.41) is 6.27. The van der Waals surface area contributed by atoms with Crippen LogP contribution < -0.4 is 5.32 Å². The molecule has 1 saturated carbocycles. The molecule has 6 heteroatoms. The van der Waals surface area contributed by atoms with Crippen molar-refractivity contribution in [1.29, 1.82) is 0 Å².